The second kappa shape index (κ2) is 5.27. The van der Waals surface area contributed by atoms with Crippen LogP contribution in [0.3, 0.4) is 0 Å². The molecule has 3 nitrogen and oxygen atoms in total. The topological polar surface area (TPSA) is 29.5 Å². The van der Waals surface area contributed by atoms with E-state index in [9.17, 15) is 4.79 Å². The van der Waals surface area contributed by atoms with E-state index in [2.05, 4.69) is 26.8 Å². The molecule has 1 unspecified atom stereocenters. The maximum Gasteiger partial charge on any atom is 0.250 e. The first-order valence-electron chi connectivity index (χ1n) is 6.75. The van der Waals surface area contributed by atoms with Gasteiger partial charge in [0.05, 0.1) is 6.10 Å². The number of nitrogens with zero attached hydrogens (tertiary/aromatic N) is 1. The van der Waals surface area contributed by atoms with Crippen LogP contribution in [0.15, 0.2) is 23.3 Å². The summed E-state index contributed by atoms with van der Waals surface area (Å²) in [5, 5.41) is 0. The predicted molar refractivity (Wildman–Crippen MR) is 72.2 cm³/mol. The fraction of sp³-hybridized carbons (Fsp3) is 0.667. The molecule has 1 amide bonds. The zero-order valence-corrected chi connectivity index (χ0v) is 11.8. The second-order valence-corrected chi connectivity index (χ2v) is 5.69. The molecule has 1 fully saturated rings. The predicted octanol–water partition coefficient (Wildman–Crippen LogP) is 2.39. The largest absolute Gasteiger partial charge is 0.378 e. The molecule has 3 heteroatoms. The number of allylic oxidation sites excluding steroid dienone is 3. The quantitative estimate of drug-likeness (QED) is 0.768. The first-order chi connectivity index (χ1) is 8.52. The zero-order valence-electron chi connectivity index (χ0n) is 11.8. The Kier molecular flexibility index (Phi) is 3.91. The SMILES string of the molecule is COC1CN(C(=O)C2=CC=C(C(C)C)CC2C)C1. The van der Waals surface area contributed by atoms with Gasteiger partial charge in [0.15, 0.2) is 0 Å². The van der Waals surface area contributed by atoms with E-state index in [1.807, 2.05) is 11.0 Å². The first-order valence-corrected chi connectivity index (χ1v) is 6.75. The van der Waals surface area contributed by atoms with Crippen molar-refractivity contribution in [2.75, 3.05) is 20.2 Å². The lowest BCUT2D eigenvalue weighted by atomic mass is 9.83. The van der Waals surface area contributed by atoms with Crippen LogP contribution in [-0.4, -0.2) is 37.1 Å². The summed E-state index contributed by atoms with van der Waals surface area (Å²) in [5.41, 5.74) is 2.39. The minimum absolute atomic E-state index is 0.190. The van der Waals surface area contributed by atoms with Gasteiger partial charge in [-0.15, -0.1) is 0 Å². The highest BCUT2D eigenvalue weighted by molar-refractivity contribution is 5.95. The molecule has 2 rings (SSSR count). The minimum Gasteiger partial charge on any atom is -0.378 e. The van der Waals surface area contributed by atoms with Crippen molar-refractivity contribution in [1.82, 2.24) is 4.90 Å². The normalized spacial score (nSPS) is 24.7. The Morgan fingerprint density at radius 1 is 1.39 bits per heavy atom. The molecule has 0 N–H and O–H groups in total. The van der Waals surface area contributed by atoms with Gasteiger partial charge in [-0.2, -0.15) is 0 Å². The summed E-state index contributed by atoms with van der Waals surface area (Å²) in [7, 11) is 1.70. The van der Waals surface area contributed by atoms with E-state index in [0.29, 0.717) is 11.8 Å². The molecular weight excluding hydrogens is 226 g/mol. The molecule has 0 aromatic rings. The number of ether oxygens (including phenoxy) is 1. The number of hydrogen-bond donors (Lipinski definition) is 0. The van der Waals surface area contributed by atoms with Crippen molar-refractivity contribution < 1.29 is 9.53 Å². The third-order valence-electron chi connectivity index (χ3n) is 4.01. The van der Waals surface area contributed by atoms with Gasteiger partial charge in [0.2, 0.25) is 5.91 Å². The summed E-state index contributed by atoms with van der Waals surface area (Å²) >= 11 is 0. The molecule has 18 heavy (non-hydrogen) atoms. The highest BCUT2D eigenvalue weighted by atomic mass is 16.5. The number of rotatable bonds is 3. The number of carbonyl (C=O) groups excluding carboxylic acids is 1. The highest BCUT2D eigenvalue weighted by Crippen LogP contribution is 2.31. The van der Waals surface area contributed by atoms with Crippen LogP contribution in [0.1, 0.15) is 27.2 Å². The van der Waals surface area contributed by atoms with Crippen molar-refractivity contribution in [3.8, 4) is 0 Å². The Balaban J connectivity index is 2.03. The van der Waals surface area contributed by atoms with Crippen LogP contribution in [0, 0.1) is 11.8 Å². The Morgan fingerprint density at radius 2 is 2.06 bits per heavy atom. The lowest BCUT2D eigenvalue weighted by Crippen LogP contribution is -2.55. The van der Waals surface area contributed by atoms with Gasteiger partial charge in [0.1, 0.15) is 0 Å². The van der Waals surface area contributed by atoms with Gasteiger partial charge in [0, 0.05) is 25.8 Å². The van der Waals surface area contributed by atoms with Gasteiger partial charge in [0.25, 0.3) is 0 Å². The van der Waals surface area contributed by atoms with E-state index in [1.165, 1.54) is 5.57 Å². The summed E-state index contributed by atoms with van der Waals surface area (Å²) < 4.78 is 5.20. The Morgan fingerprint density at radius 3 is 2.56 bits per heavy atom. The summed E-state index contributed by atoms with van der Waals surface area (Å²) in [6.07, 6.45) is 5.39. The molecule has 0 saturated carbocycles. The highest BCUT2D eigenvalue weighted by Gasteiger charge is 2.34. The molecule has 0 aromatic carbocycles. The first kappa shape index (κ1) is 13.3. The molecule has 0 spiro atoms. The van der Waals surface area contributed by atoms with Crippen LogP contribution in [0.25, 0.3) is 0 Å². The number of likely N-dealkylation sites (tertiary alicyclic amines) is 1. The van der Waals surface area contributed by atoms with Crippen LogP contribution < -0.4 is 0 Å². The second-order valence-electron chi connectivity index (χ2n) is 5.69. The average Bonchev–Trinajstić information content (AvgIpc) is 2.27. The van der Waals surface area contributed by atoms with E-state index in [1.54, 1.807) is 7.11 Å². The van der Waals surface area contributed by atoms with Gasteiger partial charge < -0.3 is 9.64 Å². The maximum absolute atomic E-state index is 12.3. The summed E-state index contributed by atoms with van der Waals surface area (Å²) in [6.45, 7) is 8.03. The van der Waals surface area contributed by atoms with Crippen LogP contribution in [-0.2, 0) is 9.53 Å². The third-order valence-corrected chi connectivity index (χ3v) is 4.01. The fourth-order valence-corrected chi connectivity index (χ4v) is 2.54. The molecule has 0 bridgehead atoms. The molecular formula is C15H23NO2. The van der Waals surface area contributed by atoms with Crippen molar-refractivity contribution in [2.24, 2.45) is 11.8 Å². The van der Waals surface area contributed by atoms with E-state index in [-0.39, 0.29) is 12.0 Å². The minimum atomic E-state index is 0.190. The van der Waals surface area contributed by atoms with Gasteiger partial charge in [-0.1, -0.05) is 38.5 Å². The molecule has 1 aliphatic carbocycles. The van der Waals surface area contributed by atoms with E-state index >= 15 is 0 Å². The van der Waals surface area contributed by atoms with Crippen molar-refractivity contribution in [2.45, 2.75) is 33.3 Å². The number of carbonyl (C=O) groups is 1. The van der Waals surface area contributed by atoms with E-state index in [0.717, 1.165) is 25.1 Å². The van der Waals surface area contributed by atoms with Crippen molar-refractivity contribution in [3.05, 3.63) is 23.3 Å². The number of hydrogen-bond acceptors (Lipinski definition) is 2. The molecule has 1 heterocycles. The average molecular weight is 249 g/mol. The van der Waals surface area contributed by atoms with Crippen LogP contribution in [0.4, 0.5) is 0 Å². The van der Waals surface area contributed by atoms with Crippen LogP contribution >= 0.6 is 0 Å². The van der Waals surface area contributed by atoms with Crippen LogP contribution in [0.2, 0.25) is 0 Å². The van der Waals surface area contributed by atoms with Crippen molar-refractivity contribution >= 4 is 5.91 Å². The maximum atomic E-state index is 12.3. The fourth-order valence-electron chi connectivity index (χ4n) is 2.54. The van der Waals surface area contributed by atoms with Gasteiger partial charge in [-0.25, -0.2) is 0 Å². The Hall–Kier alpha value is -1.09. The van der Waals surface area contributed by atoms with Crippen LogP contribution in [0.5, 0.6) is 0 Å². The molecule has 1 atom stereocenters. The summed E-state index contributed by atoms with van der Waals surface area (Å²) in [4.78, 5) is 14.2. The Bertz CT molecular complexity index is 389. The van der Waals surface area contributed by atoms with Gasteiger partial charge in [-0.05, 0) is 18.3 Å². The lowest BCUT2D eigenvalue weighted by Gasteiger charge is -2.39. The molecule has 0 radical (unpaired) electrons. The molecule has 1 aliphatic heterocycles. The van der Waals surface area contributed by atoms with Gasteiger partial charge in [-0.3, -0.25) is 4.79 Å². The summed E-state index contributed by atoms with van der Waals surface area (Å²) in [5.74, 6) is 1.10. The van der Waals surface area contributed by atoms with Crippen molar-refractivity contribution in [3.63, 3.8) is 0 Å². The molecule has 100 valence electrons. The van der Waals surface area contributed by atoms with Crippen molar-refractivity contribution in [1.29, 1.82) is 0 Å². The Labute approximate surface area is 109 Å². The number of methoxy groups -OCH3 is 1. The monoisotopic (exact) mass is 249 g/mol. The summed E-state index contributed by atoms with van der Waals surface area (Å²) in [6, 6.07) is 0. The zero-order chi connectivity index (χ0) is 13.3. The number of amides is 1. The lowest BCUT2D eigenvalue weighted by molar-refractivity contribution is -0.139. The smallest absolute Gasteiger partial charge is 0.250 e. The van der Waals surface area contributed by atoms with E-state index in [4.69, 9.17) is 4.74 Å². The van der Waals surface area contributed by atoms with Gasteiger partial charge >= 0.3 is 0 Å². The van der Waals surface area contributed by atoms with E-state index < -0.39 is 0 Å². The molecule has 1 saturated heterocycles. The molecule has 2 aliphatic rings. The third kappa shape index (κ3) is 2.51. The standard InChI is InChI=1S/C15H23NO2/c1-10(2)12-5-6-14(11(3)7-12)15(17)16-8-13(9-16)18-4/h5-6,10-11,13H,7-9H2,1-4H3. The molecule has 0 aromatic heterocycles.